The minimum Gasteiger partial charge on any atom is -0.460 e. The zero-order chi connectivity index (χ0) is 23.8. The Labute approximate surface area is 205 Å². The maximum absolute atomic E-state index is 13.6. The fourth-order valence-electron chi connectivity index (χ4n) is 4.55. The van der Waals surface area contributed by atoms with Crippen LogP contribution in [-0.4, -0.2) is 22.1 Å². The highest BCUT2D eigenvalue weighted by atomic mass is 32.2. The number of carbonyl (C=O) groups excluding carboxylic acids is 1. The van der Waals surface area contributed by atoms with Crippen LogP contribution in [0.5, 0.6) is 0 Å². The topological polar surface area (TPSA) is 74.3 Å². The summed E-state index contributed by atoms with van der Waals surface area (Å²) in [4.78, 5) is 33.2. The molecule has 0 saturated heterocycles. The molecule has 1 aromatic carbocycles. The SMILES string of the molecule is C=CCn1c(SCc2c(C(=O)OCC)oc3ccccc23)nc2sc3c(c2c1=O)CCC(C)C3. The summed E-state index contributed by atoms with van der Waals surface area (Å²) in [5, 5.41) is 2.24. The fourth-order valence-corrected chi connectivity index (χ4v) is 7.01. The molecule has 5 rings (SSSR count). The van der Waals surface area contributed by atoms with Gasteiger partial charge in [0.1, 0.15) is 10.4 Å². The van der Waals surface area contributed by atoms with Gasteiger partial charge in [0.05, 0.1) is 12.0 Å². The van der Waals surface area contributed by atoms with Crippen LogP contribution < -0.4 is 5.56 Å². The second-order valence-electron chi connectivity index (χ2n) is 8.55. The summed E-state index contributed by atoms with van der Waals surface area (Å²) in [6.07, 6.45) is 4.75. The van der Waals surface area contributed by atoms with Crippen LogP contribution in [0, 0.1) is 5.92 Å². The van der Waals surface area contributed by atoms with E-state index in [2.05, 4.69) is 13.5 Å². The molecule has 0 spiro atoms. The molecule has 3 heterocycles. The Balaban J connectivity index is 1.57. The number of hydrogen-bond donors (Lipinski definition) is 0. The van der Waals surface area contributed by atoms with Gasteiger partial charge < -0.3 is 9.15 Å². The van der Waals surface area contributed by atoms with Gasteiger partial charge in [0.2, 0.25) is 5.76 Å². The van der Waals surface area contributed by atoms with Gasteiger partial charge in [0, 0.05) is 28.1 Å². The van der Waals surface area contributed by atoms with Gasteiger partial charge in [0.15, 0.2) is 5.16 Å². The van der Waals surface area contributed by atoms with E-state index < -0.39 is 5.97 Å². The van der Waals surface area contributed by atoms with E-state index in [9.17, 15) is 9.59 Å². The van der Waals surface area contributed by atoms with E-state index in [1.807, 2.05) is 24.3 Å². The molecule has 3 aromatic heterocycles. The lowest BCUT2D eigenvalue weighted by Crippen LogP contribution is -2.23. The number of fused-ring (bicyclic) bond motifs is 4. The minimum absolute atomic E-state index is 0.0119. The number of aromatic nitrogens is 2. The molecule has 0 N–H and O–H groups in total. The average molecular weight is 495 g/mol. The molecule has 0 saturated carbocycles. The molecule has 34 heavy (non-hydrogen) atoms. The predicted molar refractivity (Wildman–Crippen MR) is 137 cm³/mol. The number of nitrogens with zero attached hydrogens (tertiary/aromatic N) is 2. The lowest BCUT2D eigenvalue weighted by Gasteiger charge is -2.17. The Morgan fingerprint density at radius 3 is 3.03 bits per heavy atom. The van der Waals surface area contributed by atoms with Crippen molar-refractivity contribution in [2.24, 2.45) is 5.92 Å². The summed E-state index contributed by atoms with van der Waals surface area (Å²) < 4.78 is 12.8. The molecule has 8 heteroatoms. The van der Waals surface area contributed by atoms with Crippen molar-refractivity contribution in [3.8, 4) is 0 Å². The van der Waals surface area contributed by atoms with Crippen molar-refractivity contribution in [1.29, 1.82) is 0 Å². The Kier molecular flexibility index (Phi) is 6.36. The van der Waals surface area contributed by atoms with Crippen LogP contribution in [0.3, 0.4) is 0 Å². The molecule has 6 nitrogen and oxygen atoms in total. The molecular weight excluding hydrogens is 468 g/mol. The quantitative estimate of drug-likeness (QED) is 0.136. The number of thiophene rings is 1. The standard InChI is InChI=1S/C26H26N2O4S2/c1-4-12-28-24(29)21-17-11-10-15(3)13-20(17)34-23(21)27-26(28)33-14-18-16-8-6-7-9-19(16)32-22(18)25(30)31-5-2/h4,6-9,15H,1,5,10-14H2,2-3H3. The summed E-state index contributed by atoms with van der Waals surface area (Å²) in [6, 6.07) is 7.55. The van der Waals surface area contributed by atoms with Crippen molar-refractivity contribution in [3.05, 3.63) is 69.0 Å². The van der Waals surface area contributed by atoms with Crippen molar-refractivity contribution < 1.29 is 13.9 Å². The number of furan rings is 1. The van der Waals surface area contributed by atoms with Gasteiger partial charge in [0.25, 0.3) is 5.56 Å². The largest absolute Gasteiger partial charge is 0.460 e. The van der Waals surface area contributed by atoms with Crippen molar-refractivity contribution in [1.82, 2.24) is 9.55 Å². The van der Waals surface area contributed by atoms with E-state index in [4.69, 9.17) is 14.1 Å². The first kappa shape index (κ1) is 22.9. The summed E-state index contributed by atoms with van der Waals surface area (Å²) in [7, 11) is 0. The predicted octanol–water partition coefficient (Wildman–Crippen LogP) is 5.98. The van der Waals surface area contributed by atoms with E-state index >= 15 is 0 Å². The normalized spacial score (nSPS) is 15.5. The van der Waals surface area contributed by atoms with Gasteiger partial charge in [-0.3, -0.25) is 9.36 Å². The summed E-state index contributed by atoms with van der Waals surface area (Å²) in [5.74, 6) is 0.763. The fraction of sp³-hybridized carbons (Fsp3) is 0.346. The first-order valence-electron chi connectivity index (χ1n) is 11.5. The molecule has 0 fully saturated rings. The number of esters is 1. The van der Waals surface area contributed by atoms with Gasteiger partial charge in [-0.15, -0.1) is 17.9 Å². The lowest BCUT2D eigenvalue weighted by molar-refractivity contribution is 0.0491. The van der Waals surface area contributed by atoms with Gasteiger partial charge in [-0.1, -0.05) is 43.0 Å². The summed E-state index contributed by atoms with van der Waals surface area (Å²) >= 11 is 3.07. The van der Waals surface area contributed by atoms with Crippen molar-refractivity contribution in [2.75, 3.05) is 6.61 Å². The third-order valence-corrected chi connectivity index (χ3v) is 8.35. The Hall–Kier alpha value is -2.84. The number of aryl methyl sites for hydroxylation is 1. The number of carbonyl (C=O) groups is 1. The van der Waals surface area contributed by atoms with Crippen LogP contribution in [0.1, 0.15) is 46.8 Å². The van der Waals surface area contributed by atoms with Crippen LogP contribution in [0.15, 0.2) is 51.3 Å². The molecule has 1 atom stereocenters. The molecule has 0 amide bonds. The summed E-state index contributed by atoms with van der Waals surface area (Å²) in [6.45, 7) is 8.51. The summed E-state index contributed by atoms with van der Waals surface area (Å²) in [5.41, 5.74) is 2.54. The molecule has 0 bridgehead atoms. The Morgan fingerprint density at radius 2 is 2.24 bits per heavy atom. The van der Waals surface area contributed by atoms with Crippen LogP contribution in [-0.2, 0) is 29.9 Å². The van der Waals surface area contributed by atoms with Gasteiger partial charge in [-0.05, 0) is 43.7 Å². The molecule has 0 aliphatic heterocycles. The highest BCUT2D eigenvalue weighted by Gasteiger charge is 2.26. The van der Waals surface area contributed by atoms with Crippen LogP contribution in [0.25, 0.3) is 21.2 Å². The van der Waals surface area contributed by atoms with Crippen LogP contribution >= 0.6 is 23.1 Å². The second kappa shape index (κ2) is 9.43. The molecule has 1 aliphatic carbocycles. The maximum Gasteiger partial charge on any atom is 0.374 e. The zero-order valence-corrected chi connectivity index (χ0v) is 20.9. The molecule has 1 aliphatic rings. The van der Waals surface area contributed by atoms with Crippen molar-refractivity contribution >= 4 is 50.3 Å². The molecule has 176 valence electrons. The zero-order valence-electron chi connectivity index (χ0n) is 19.3. The molecule has 4 aromatic rings. The number of benzene rings is 1. The number of rotatable bonds is 7. The van der Waals surface area contributed by atoms with E-state index in [0.29, 0.717) is 29.0 Å². The Bertz CT molecular complexity index is 1460. The minimum atomic E-state index is -0.485. The van der Waals surface area contributed by atoms with Gasteiger partial charge in [-0.2, -0.15) is 0 Å². The molecular formula is C26H26N2O4S2. The first-order chi connectivity index (χ1) is 16.5. The third kappa shape index (κ3) is 3.99. The Morgan fingerprint density at radius 1 is 1.41 bits per heavy atom. The van der Waals surface area contributed by atoms with Crippen molar-refractivity contribution in [3.63, 3.8) is 0 Å². The average Bonchev–Trinajstić information content (AvgIpc) is 3.37. The van der Waals surface area contributed by atoms with Crippen molar-refractivity contribution in [2.45, 2.75) is 50.6 Å². The number of para-hydroxylation sites is 1. The number of thioether (sulfide) groups is 1. The van der Waals surface area contributed by atoms with Crippen LogP contribution in [0.2, 0.25) is 0 Å². The molecule has 1 unspecified atom stereocenters. The number of hydrogen-bond acceptors (Lipinski definition) is 7. The van der Waals surface area contributed by atoms with E-state index in [1.54, 1.807) is 28.9 Å². The smallest absolute Gasteiger partial charge is 0.374 e. The first-order valence-corrected chi connectivity index (χ1v) is 13.3. The van der Waals surface area contributed by atoms with E-state index in [1.165, 1.54) is 22.2 Å². The number of ether oxygens (including phenoxy) is 1. The van der Waals surface area contributed by atoms with E-state index in [0.717, 1.165) is 40.4 Å². The second-order valence-corrected chi connectivity index (χ2v) is 10.6. The monoisotopic (exact) mass is 494 g/mol. The molecule has 0 radical (unpaired) electrons. The van der Waals surface area contributed by atoms with E-state index in [-0.39, 0.29) is 17.9 Å². The number of allylic oxidation sites excluding steroid dienone is 1. The highest BCUT2D eigenvalue weighted by Crippen LogP contribution is 2.37. The maximum atomic E-state index is 13.6. The lowest BCUT2D eigenvalue weighted by atomic mass is 9.89. The third-order valence-electron chi connectivity index (χ3n) is 6.20. The highest BCUT2D eigenvalue weighted by molar-refractivity contribution is 7.98. The van der Waals surface area contributed by atoms with Gasteiger partial charge >= 0.3 is 5.97 Å². The van der Waals surface area contributed by atoms with Gasteiger partial charge in [-0.25, -0.2) is 9.78 Å². The van der Waals surface area contributed by atoms with Crippen LogP contribution in [0.4, 0.5) is 0 Å².